The van der Waals surface area contributed by atoms with Crippen LogP contribution < -0.4 is 10.5 Å². The average Bonchev–Trinajstić information content (AvgIpc) is 2.56. The minimum absolute atomic E-state index is 0.0469. The molecule has 0 bridgehead atoms. The molecule has 2 aromatic rings. The molecule has 0 unspecified atom stereocenters. The van der Waals surface area contributed by atoms with E-state index < -0.39 is 0 Å². The fraction of sp³-hybridized carbons (Fsp3) is 0.389. The van der Waals surface area contributed by atoms with Gasteiger partial charge in [-0.3, -0.25) is 5.41 Å². The van der Waals surface area contributed by atoms with Crippen LogP contribution in [-0.2, 0) is 0 Å². The summed E-state index contributed by atoms with van der Waals surface area (Å²) in [6.07, 6.45) is 8.80. The van der Waals surface area contributed by atoms with Crippen LogP contribution in [0.3, 0.4) is 0 Å². The van der Waals surface area contributed by atoms with E-state index >= 15 is 0 Å². The van der Waals surface area contributed by atoms with Crippen molar-refractivity contribution < 1.29 is 4.74 Å². The van der Waals surface area contributed by atoms with E-state index in [9.17, 15) is 0 Å². The second-order valence-corrected chi connectivity index (χ2v) is 6.00. The molecule has 0 amide bonds. The molecule has 5 heteroatoms. The van der Waals surface area contributed by atoms with E-state index in [0.717, 1.165) is 24.1 Å². The van der Waals surface area contributed by atoms with Gasteiger partial charge < -0.3 is 10.5 Å². The molecule has 0 aliphatic heterocycles. The molecule has 1 fully saturated rings. The summed E-state index contributed by atoms with van der Waals surface area (Å²) in [7, 11) is 0. The van der Waals surface area contributed by atoms with Crippen LogP contribution in [0.15, 0.2) is 24.3 Å². The van der Waals surface area contributed by atoms with Gasteiger partial charge in [0.05, 0.1) is 0 Å². The van der Waals surface area contributed by atoms with E-state index in [4.69, 9.17) is 15.9 Å². The third-order valence-electron chi connectivity index (χ3n) is 4.38. The van der Waals surface area contributed by atoms with Gasteiger partial charge in [-0.05, 0) is 49.9 Å². The quantitative estimate of drug-likeness (QED) is 0.666. The Hall–Kier alpha value is -2.43. The number of amidine groups is 1. The summed E-state index contributed by atoms with van der Waals surface area (Å²) in [6.45, 7) is 1.99. The van der Waals surface area contributed by atoms with Gasteiger partial charge >= 0.3 is 0 Å². The fourth-order valence-corrected chi connectivity index (χ4v) is 3.17. The Bertz CT molecular complexity index is 691. The summed E-state index contributed by atoms with van der Waals surface area (Å²) in [4.78, 5) is 8.48. The van der Waals surface area contributed by atoms with E-state index in [1.54, 1.807) is 24.3 Å². The zero-order valence-corrected chi connectivity index (χ0v) is 13.3. The van der Waals surface area contributed by atoms with Gasteiger partial charge in [0.25, 0.3) is 0 Å². The summed E-state index contributed by atoms with van der Waals surface area (Å²) >= 11 is 0. The van der Waals surface area contributed by atoms with Gasteiger partial charge in [-0.25, -0.2) is 4.98 Å². The Labute approximate surface area is 136 Å². The number of nitrogen functional groups attached to an aromatic ring is 1. The Morgan fingerprint density at radius 3 is 2.52 bits per heavy atom. The predicted molar refractivity (Wildman–Crippen MR) is 89.0 cm³/mol. The van der Waals surface area contributed by atoms with Crippen LogP contribution in [0.2, 0.25) is 0 Å². The minimum Gasteiger partial charge on any atom is -0.439 e. The van der Waals surface area contributed by atoms with E-state index in [1.165, 1.54) is 19.3 Å². The molecule has 23 heavy (non-hydrogen) atoms. The number of benzene rings is 1. The number of ether oxygens (including phenoxy) is 1. The van der Waals surface area contributed by atoms with Crippen molar-refractivity contribution in [3.8, 4) is 11.6 Å². The Morgan fingerprint density at radius 1 is 1.17 bits per heavy atom. The Balaban J connectivity index is 1.87. The van der Waals surface area contributed by atoms with Crippen LogP contribution in [-0.4, -0.2) is 15.8 Å². The van der Waals surface area contributed by atoms with Crippen molar-refractivity contribution in [2.45, 2.75) is 44.9 Å². The van der Waals surface area contributed by atoms with Gasteiger partial charge in [0.15, 0.2) is 0 Å². The van der Waals surface area contributed by atoms with Crippen molar-refractivity contribution in [3.63, 3.8) is 0 Å². The molecule has 1 radical (unpaired) electrons. The highest BCUT2D eigenvalue weighted by molar-refractivity contribution is 5.94. The standard InChI is InChI=1S/C18H21N4O/c1-12-16(13-5-3-2-4-6-13)18(22-11-21-12)23-15-9-7-14(8-10-15)17(19)20/h7-10,13H,2-6H2,1H3,(H3,19,20). The molecule has 1 aromatic carbocycles. The first-order chi connectivity index (χ1) is 11.1. The van der Waals surface area contributed by atoms with E-state index in [-0.39, 0.29) is 5.84 Å². The van der Waals surface area contributed by atoms with E-state index in [2.05, 4.69) is 16.3 Å². The number of nitrogens with zero attached hydrogens (tertiary/aromatic N) is 2. The largest absolute Gasteiger partial charge is 0.439 e. The molecule has 1 saturated carbocycles. The van der Waals surface area contributed by atoms with Crippen LogP contribution in [0, 0.1) is 18.7 Å². The van der Waals surface area contributed by atoms with Crippen LogP contribution in [0.25, 0.3) is 0 Å². The Morgan fingerprint density at radius 2 is 1.87 bits per heavy atom. The molecule has 0 spiro atoms. The van der Waals surface area contributed by atoms with Gasteiger partial charge in [-0.2, -0.15) is 4.98 Å². The van der Waals surface area contributed by atoms with Gasteiger partial charge in [0, 0.05) is 16.8 Å². The van der Waals surface area contributed by atoms with Gasteiger partial charge in [0.2, 0.25) is 12.2 Å². The van der Waals surface area contributed by atoms with Crippen molar-refractivity contribution in [3.05, 3.63) is 47.4 Å². The second-order valence-electron chi connectivity index (χ2n) is 6.00. The normalized spacial score (nSPS) is 15.3. The number of nitrogens with two attached hydrogens (primary N) is 1. The molecule has 0 saturated heterocycles. The van der Waals surface area contributed by atoms with Crippen molar-refractivity contribution in [1.29, 1.82) is 5.41 Å². The monoisotopic (exact) mass is 309 g/mol. The van der Waals surface area contributed by atoms with E-state index in [0.29, 0.717) is 23.1 Å². The smallest absolute Gasteiger partial charge is 0.226 e. The summed E-state index contributed by atoms with van der Waals surface area (Å²) in [5.41, 5.74) is 8.21. The molecular formula is C18H21N4O. The molecule has 3 rings (SSSR count). The molecule has 1 aliphatic rings. The van der Waals surface area contributed by atoms with Crippen molar-refractivity contribution in [2.24, 2.45) is 5.73 Å². The van der Waals surface area contributed by atoms with Crippen LogP contribution in [0.5, 0.6) is 11.6 Å². The number of aromatic nitrogens is 2. The molecule has 1 heterocycles. The highest BCUT2D eigenvalue weighted by atomic mass is 16.5. The first-order valence-corrected chi connectivity index (χ1v) is 8.02. The molecule has 5 nitrogen and oxygen atoms in total. The van der Waals surface area contributed by atoms with Gasteiger partial charge in [-0.1, -0.05) is 19.3 Å². The third-order valence-corrected chi connectivity index (χ3v) is 4.38. The first kappa shape index (κ1) is 15.5. The summed E-state index contributed by atoms with van der Waals surface area (Å²) in [6, 6.07) is 7.16. The summed E-state index contributed by atoms with van der Waals surface area (Å²) in [5.74, 6) is 1.79. The fourth-order valence-electron chi connectivity index (χ4n) is 3.17. The van der Waals surface area contributed by atoms with Crippen LogP contribution >= 0.6 is 0 Å². The number of aryl methyl sites for hydroxylation is 1. The molecule has 1 aromatic heterocycles. The lowest BCUT2D eigenvalue weighted by atomic mass is 9.84. The lowest BCUT2D eigenvalue weighted by Gasteiger charge is -2.24. The SMILES string of the molecule is Cc1n[c]nc(Oc2ccc(C(=N)N)cc2)c1C1CCCCC1. The van der Waals surface area contributed by atoms with Crippen molar-refractivity contribution in [2.75, 3.05) is 0 Å². The second kappa shape index (κ2) is 6.77. The minimum atomic E-state index is 0.0469. The third kappa shape index (κ3) is 3.50. The molecule has 0 atom stereocenters. The zero-order chi connectivity index (χ0) is 16.2. The molecular weight excluding hydrogens is 288 g/mol. The predicted octanol–water partition coefficient (Wildman–Crippen LogP) is 3.71. The Kier molecular flexibility index (Phi) is 4.55. The van der Waals surface area contributed by atoms with Crippen molar-refractivity contribution >= 4 is 5.84 Å². The summed E-state index contributed by atoms with van der Waals surface area (Å²) in [5, 5.41) is 7.43. The molecule has 3 N–H and O–H groups in total. The molecule has 119 valence electrons. The highest BCUT2D eigenvalue weighted by Crippen LogP contribution is 2.38. The lowest BCUT2D eigenvalue weighted by Crippen LogP contribution is -2.11. The number of nitrogens with one attached hydrogen (secondary N) is 1. The maximum atomic E-state index is 7.43. The summed E-state index contributed by atoms with van der Waals surface area (Å²) < 4.78 is 5.98. The maximum absolute atomic E-state index is 7.43. The zero-order valence-electron chi connectivity index (χ0n) is 13.3. The number of hydrogen-bond acceptors (Lipinski definition) is 4. The number of hydrogen-bond donors (Lipinski definition) is 2. The lowest BCUT2D eigenvalue weighted by molar-refractivity contribution is 0.406. The van der Waals surface area contributed by atoms with E-state index in [1.807, 2.05) is 6.92 Å². The topological polar surface area (TPSA) is 84.9 Å². The van der Waals surface area contributed by atoms with Crippen molar-refractivity contribution in [1.82, 2.24) is 9.97 Å². The first-order valence-electron chi connectivity index (χ1n) is 8.02. The average molecular weight is 309 g/mol. The van der Waals surface area contributed by atoms with Gasteiger partial charge in [-0.15, -0.1) is 0 Å². The highest BCUT2D eigenvalue weighted by Gasteiger charge is 2.23. The number of rotatable bonds is 4. The van der Waals surface area contributed by atoms with Crippen LogP contribution in [0.1, 0.15) is 54.8 Å². The molecule has 1 aliphatic carbocycles. The maximum Gasteiger partial charge on any atom is 0.226 e. The van der Waals surface area contributed by atoms with Crippen LogP contribution in [0.4, 0.5) is 0 Å². The van der Waals surface area contributed by atoms with Gasteiger partial charge in [0.1, 0.15) is 11.6 Å².